The minimum atomic E-state index is -1.43. The lowest BCUT2D eigenvalue weighted by atomic mass is 10.2. The molecule has 1 aromatic carbocycles. The van der Waals surface area contributed by atoms with E-state index in [1.807, 2.05) is 0 Å². The van der Waals surface area contributed by atoms with Crippen LogP contribution in [-0.2, 0) is 4.79 Å². The Kier molecular flexibility index (Phi) is 5.46. The quantitative estimate of drug-likeness (QED) is 0.667. The first kappa shape index (κ1) is 16.4. The second-order valence-corrected chi connectivity index (χ2v) is 5.09. The average molecular weight is 349 g/mol. The van der Waals surface area contributed by atoms with Gasteiger partial charge in [0, 0.05) is 5.69 Å². The van der Waals surface area contributed by atoms with Gasteiger partial charge in [-0.3, -0.25) is 0 Å². The molecule has 4 N–H and O–H groups in total. The number of carbonyl (C=O) groups is 2. The summed E-state index contributed by atoms with van der Waals surface area (Å²) in [5.41, 5.74) is 0.801. The van der Waals surface area contributed by atoms with Gasteiger partial charge in [-0.05, 0) is 47.5 Å². The summed E-state index contributed by atoms with van der Waals surface area (Å²) in [5, 5.41) is 22.6. The normalized spacial score (nSPS) is 13.4. The fourth-order valence-electron chi connectivity index (χ4n) is 1.47. The van der Waals surface area contributed by atoms with Crippen molar-refractivity contribution in [2.45, 2.75) is 26.0 Å². The monoisotopic (exact) mass is 348 g/mol. The first-order valence-corrected chi connectivity index (χ1v) is 6.45. The average Bonchev–Trinajstić information content (AvgIpc) is 2.32. The molecule has 8 heteroatoms. The molecule has 6 nitrogen and oxygen atoms in total. The summed E-state index contributed by atoms with van der Waals surface area (Å²) in [6.45, 7) is 2.84. The van der Waals surface area contributed by atoms with Crippen LogP contribution in [0.25, 0.3) is 0 Å². The van der Waals surface area contributed by atoms with Gasteiger partial charge in [-0.2, -0.15) is 0 Å². The van der Waals surface area contributed by atoms with Crippen LogP contribution in [0.4, 0.5) is 14.9 Å². The summed E-state index contributed by atoms with van der Waals surface area (Å²) in [4.78, 5) is 22.5. The Hall–Kier alpha value is -1.67. The molecule has 0 saturated heterocycles. The van der Waals surface area contributed by atoms with Crippen molar-refractivity contribution >= 4 is 33.6 Å². The minimum absolute atomic E-state index is 0.170. The highest BCUT2D eigenvalue weighted by molar-refractivity contribution is 9.10. The number of amides is 2. The van der Waals surface area contributed by atoms with Gasteiger partial charge in [0.15, 0.2) is 6.04 Å². The number of urea groups is 1. The predicted molar refractivity (Wildman–Crippen MR) is 74.1 cm³/mol. The maximum Gasteiger partial charge on any atom is 0.328 e. The van der Waals surface area contributed by atoms with E-state index in [2.05, 4.69) is 26.6 Å². The highest BCUT2D eigenvalue weighted by atomic mass is 79.9. The molecule has 110 valence electrons. The Balaban J connectivity index is 2.81. The van der Waals surface area contributed by atoms with Gasteiger partial charge in [0.25, 0.3) is 0 Å². The molecule has 0 bridgehead atoms. The summed E-state index contributed by atoms with van der Waals surface area (Å²) < 4.78 is 13.4. The van der Waals surface area contributed by atoms with Crippen LogP contribution < -0.4 is 10.6 Å². The van der Waals surface area contributed by atoms with Gasteiger partial charge < -0.3 is 20.8 Å². The number of benzene rings is 1. The Labute approximate surface area is 123 Å². The number of carbonyl (C=O) groups excluding carboxylic acids is 1. The van der Waals surface area contributed by atoms with Gasteiger partial charge in [-0.1, -0.05) is 0 Å². The number of halogens is 2. The van der Waals surface area contributed by atoms with Crippen molar-refractivity contribution < 1.29 is 24.2 Å². The van der Waals surface area contributed by atoms with Gasteiger partial charge in [-0.15, -0.1) is 0 Å². The maximum absolute atomic E-state index is 13.2. The highest BCUT2D eigenvalue weighted by Crippen LogP contribution is 2.24. The lowest BCUT2D eigenvalue weighted by molar-refractivity contribution is -0.141. The van der Waals surface area contributed by atoms with E-state index < -0.39 is 30.0 Å². The van der Waals surface area contributed by atoms with Crippen LogP contribution in [0.3, 0.4) is 0 Å². The van der Waals surface area contributed by atoms with Crippen molar-refractivity contribution in [2.24, 2.45) is 0 Å². The first-order chi connectivity index (χ1) is 9.22. The van der Waals surface area contributed by atoms with Gasteiger partial charge in [0.2, 0.25) is 0 Å². The smallest absolute Gasteiger partial charge is 0.328 e. The molecule has 20 heavy (non-hydrogen) atoms. The second kappa shape index (κ2) is 6.67. The zero-order valence-electron chi connectivity index (χ0n) is 10.8. The summed E-state index contributed by atoms with van der Waals surface area (Å²) in [6, 6.07) is 0.352. The first-order valence-electron chi connectivity index (χ1n) is 5.66. The SMILES string of the molecule is Cc1cc(F)c(Br)cc1NC(=O)NC(C(=O)O)C(C)O. The Bertz CT molecular complexity index is 536. The minimum Gasteiger partial charge on any atom is -0.480 e. The standard InChI is InChI=1S/C12H14BrFN2O4/c1-5-3-8(14)7(13)4-9(5)15-12(20)16-10(6(2)17)11(18)19/h3-4,6,10,17H,1-2H3,(H,18,19)(H2,15,16,20). The van der Waals surface area contributed by atoms with Gasteiger partial charge >= 0.3 is 12.0 Å². The predicted octanol–water partition coefficient (Wildman–Crippen LogP) is 1.85. The van der Waals surface area contributed by atoms with Crippen LogP contribution in [0.1, 0.15) is 12.5 Å². The number of carboxylic acids is 1. The Morgan fingerprint density at radius 1 is 1.40 bits per heavy atom. The van der Waals surface area contributed by atoms with E-state index >= 15 is 0 Å². The maximum atomic E-state index is 13.2. The van der Waals surface area contributed by atoms with E-state index in [4.69, 9.17) is 5.11 Å². The molecule has 0 aromatic heterocycles. The molecule has 0 aliphatic heterocycles. The van der Waals surface area contributed by atoms with Gasteiger partial charge in [-0.25, -0.2) is 14.0 Å². The van der Waals surface area contributed by atoms with E-state index in [9.17, 15) is 19.1 Å². The zero-order chi connectivity index (χ0) is 15.4. The number of rotatable bonds is 4. The molecule has 0 aliphatic rings. The summed E-state index contributed by atoms with van der Waals surface area (Å²) >= 11 is 2.99. The number of hydrogen-bond donors (Lipinski definition) is 4. The number of aliphatic hydroxyl groups is 1. The van der Waals surface area contributed by atoms with E-state index in [-0.39, 0.29) is 4.47 Å². The van der Waals surface area contributed by atoms with Crippen molar-refractivity contribution in [2.75, 3.05) is 5.32 Å². The van der Waals surface area contributed by atoms with Crippen molar-refractivity contribution in [1.82, 2.24) is 5.32 Å². The third kappa shape index (κ3) is 4.17. The van der Waals surface area contributed by atoms with Crippen molar-refractivity contribution in [3.8, 4) is 0 Å². The zero-order valence-corrected chi connectivity index (χ0v) is 12.4. The molecule has 1 rings (SSSR count). The van der Waals surface area contributed by atoms with Crippen LogP contribution in [-0.4, -0.2) is 34.4 Å². The van der Waals surface area contributed by atoms with Crippen LogP contribution in [0.15, 0.2) is 16.6 Å². The van der Waals surface area contributed by atoms with Crippen LogP contribution >= 0.6 is 15.9 Å². The molecular formula is C12H14BrFN2O4. The molecule has 2 unspecified atom stereocenters. The second-order valence-electron chi connectivity index (χ2n) is 4.24. The molecule has 1 aromatic rings. The number of hydrogen-bond acceptors (Lipinski definition) is 3. The van der Waals surface area contributed by atoms with Crippen LogP contribution in [0.2, 0.25) is 0 Å². The Morgan fingerprint density at radius 3 is 2.50 bits per heavy atom. The molecule has 0 radical (unpaired) electrons. The third-order valence-corrected chi connectivity index (χ3v) is 3.16. The molecular weight excluding hydrogens is 335 g/mol. The highest BCUT2D eigenvalue weighted by Gasteiger charge is 2.25. The third-order valence-electron chi connectivity index (χ3n) is 2.55. The fraction of sp³-hybridized carbons (Fsp3) is 0.333. The van der Waals surface area contributed by atoms with E-state index in [1.165, 1.54) is 19.1 Å². The van der Waals surface area contributed by atoms with E-state index in [0.717, 1.165) is 0 Å². The number of aliphatic carboxylic acids is 1. The van der Waals surface area contributed by atoms with E-state index in [0.29, 0.717) is 11.3 Å². The lowest BCUT2D eigenvalue weighted by Gasteiger charge is -2.18. The lowest BCUT2D eigenvalue weighted by Crippen LogP contribution is -2.49. The summed E-state index contributed by atoms with van der Waals surface area (Å²) in [7, 11) is 0. The Morgan fingerprint density at radius 2 is 2.00 bits per heavy atom. The summed E-state index contributed by atoms with van der Waals surface area (Å²) in [6.07, 6.45) is -1.25. The van der Waals surface area contributed by atoms with Crippen LogP contribution in [0.5, 0.6) is 0 Å². The molecule has 0 spiro atoms. The van der Waals surface area contributed by atoms with Gasteiger partial charge in [0.05, 0.1) is 10.6 Å². The number of carboxylic acid groups (broad SMARTS) is 1. The molecule has 2 atom stereocenters. The largest absolute Gasteiger partial charge is 0.480 e. The molecule has 0 fully saturated rings. The number of anilines is 1. The molecule has 0 aliphatic carbocycles. The van der Waals surface area contributed by atoms with Crippen molar-refractivity contribution in [3.05, 3.63) is 28.0 Å². The molecule has 2 amide bonds. The molecule has 0 saturated carbocycles. The van der Waals surface area contributed by atoms with Crippen molar-refractivity contribution in [3.63, 3.8) is 0 Å². The van der Waals surface area contributed by atoms with Crippen molar-refractivity contribution in [1.29, 1.82) is 0 Å². The topological polar surface area (TPSA) is 98.7 Å². The van der Waals surface area contributed by atoms with Crippen LogP contribution in [0, 0.1) is 12.7 Å². The van der Waals surface area contributed by atoms with E-state index in [1.54, 1.807) is 6.92 Å². The van der Waals surface area contributed by atoms with Gasteiger partial charge in [0.1, 0.15) is 5.82 Å². The fourth-order valence-corrected chi connectivity index (χ4v) is 1.81. The number of aliphatic hydroxyl groups excluding tert-OH is 1. The number of aryl methyl sites for hydroxylation is 1. The molecule has 0 heterocycles. The number of nitrogens with one attached hydrogen (secondary N) is 2. The summed E-state index contributed by atoms with van der Waals surface area (Å²) in [5.74, 6) is -1.83.